The first-order valence-electron chi connectivity index (χ1n) is 7.79. The summed E-state index contributed by atoms with van der Waals surface area (Å²) in [5, 5.41) is 10.5. The number of non-ortho nitro benzene ring substituents is 1. The van der Waals surface area contributed by atoms with Gasteiger partial charge in [0.05, 0.1) is 29.6 Å². The Morgan fingerprint density at radius 2 is 1.54 bits per heavy atom. The molecule has 0 spiro atoms. The Morgan fingerprint density at radius 3 is 2.15 bits per heavy atom. The zero-order valence-electron chi connectivity index (χ0n) is 14.2. The fourth-order valence-electron chi connectivity index (χ4n) is 1.96. The quantitative estimate of drug-likeness (QED) is 0.270. The average molecular weight is 381 g/mol. The molecule has 2 aromatic carbocycles. The number of benzene rings is 2. The van der Waals surface area contributed by atoms with Gasteiger partial charge in [0.1, 0.15) is 12.4 Å². The van der Waals surface area contributed by atoms with Gasteiger partial charge < -0.3 is 9.47 Å². The maximum atomic E-state index is 11.9. The Labute approximate surface area is 151 Å². The third-order valence-corrected chi connectivity index (χ3v) is 4.65. The molecule has 0 amide bonds. The van der Waals surface area contributed by atoms with E-state index in [-0.39, 0.29) is 37.0 Å². The summed E-state index contributed by atoms with van der Waals surface area (Å²) in [5.41, 5.74) is 0.945. The maximum absolute atomic E-state index is 11.9. The molecule has 0 unspecified atom stereocenters. The van der Waals surface area contributed by atoms with Crippen LogP contribution in [0.25, 0.3) is 0 Å². The number of ether oxygens (including phenoxy) is 2. The highest BCUT2D eigenvalue weighted by atomic mass is 32.2. The standard InChI is InChI=1S/C17H19NO7S/c1-14-2-8-17(9-3-14)26(21,22)25-13-11-23-10-12-24-16-6-4-15(5-7-16)18(19)20/h2-9H,10-13H2,1H3. The van der Waals surface area contributed by atoms with Gasteiger partial charge in [-0.05, 0) is 31.2 Å². The second-order valence-electron chi connectivity index (χ2n) is 5.30. The van der Waals surface area contributed by atoms with E-state index in [1.807, 2.05) is 6.92 Å². The van der Waals surface area contributed by atoms with E-state index in [4.69, 9.17) is 13.7 Å². The second kappa shape index (κ2) is 9.27. The molecule has 8 nitrogen and oxygen atoms in total. The summed E-state index contributed by atoms with van der Waals surface area (Å²) in [5.74, 6) is 0.484. The van der Waals surface area contributed by atoms with Crippen molar-refractivity contribution in [2.75, 3.05) is 26.4 Å². The van der Waals surface area contributed by atoms with Crippen LogP contribution in [0.1, 0.15) is 5.56 Å². The maximum Gasteiger partial charge on any atom is 0.297 e. The highest BCUT2D eigenvalue weighted by molar-refractivity contribution is 7.86. The lowest BCUT2D eigenvalue weighted by Gasteiger charge is -2.08. The molecule has 0 saturated heterocycles. The van der Waals surface area contributed by atoms with Crippen molar-refractivity contribution in [3.63, 3.8) is 0 Å². The monoisotopic (exact) mass is 381 g/mol. The second-order valence-corrected chi connectivity index (χ2v) is 6.92. The van der Waals surface area contributed by atoms with Crippen LogP contribution in [0.5, 0.6) is 5.75 Å². The summed E-state index contributed by atoms with van der Waals surface area (Å²) < 4.78 is 39.4. The molecule has 0 saturated carbocycles. The van der Waals surface area contributed by atoms with E-state index in [0.717, 1.165) is 5.56 Å². The van der Waals surface area contributed by atoms with Crippen molar-refractivity contribution in [1.82, 2.24) is 0 Å². The van der Waals surface area contributed by atoms with Gasteiger partial charge in [-0.1, -0.05) is 17.7 Å². The lowest BCUT2D eigenvalue weighted by atomic mass is 10.2. The lowest BCUT2D eigenvalue weighted by Crippen LogP contribution is -2.14. The van der Waals surface area contributed by atoms with Gasteiger partial charge in [-0.15, -0.1) is 0 Å². The minimum absolute atomic E-state index is 0.0134. The Bertz CT molecular complexity index is 817. The SMILES string of the molecule is Cc1ccc(S(=O)(=O)OCCOCCOc2ccc([N+](=O)[O-])cc2)cc1. The summed E-state index contributed by atoms with van der Waals surface area (Å²) in [4.78, 5) is 10.2. The van der Waals surface area contributed by atoms with Crippen molar-refractivity contribution in [1.29, 1.82) is 0 Å². The van der Waals surface area contributed by atoms with E-state index < -0.39 is 15.0 Å². The van der Waals surface area contributed by atoms with Crippen molar-refractivity contribution in [2.24, 2.45) is 0 Å². The fraction of sp³-hybridized carbons (Fsp3) is 0.294. The molecule has 0 radical (unpaired) electrons. The molecule has 0 fully saturated rings. The minimum Gasteiger partial charge on any atom is -0.491 e. The number of hydrogen-bond donors (Lipinski definition) is 0. The van der Waals surface area contributed by atoms with Crippen LogP contribution in [0, 0.1) is 17.0 Å². The van der Waals surface area contributed by atoms with Gasteiger partial charge in [0.15, 0.2) is 0 Å². The first-order valence-corrected chi connectivity index (χ1v) is 9.20. The number of hydrogen-bond acceptors (Lipinski definition) is 7. The smallest absolute Gasteiger partial charge is 0.297 e. The van der Waals surface area contributed by atoms with E-state index >= 15 is 0 Å². The predicted octanol–water partition coefficient (Wildman–Crippen LogP) is 2.70. The number of nitro benzene ring substituents is 1. The normalized spacial score (nSPS) is 11.3. The highest BCUT2D eigenvalue weighted by Gasteiger charge is 2.14. The Morgan fingerprint density at radius 1 is 0.923 bits per heavy atom. The van der Waals surface area contributed by atoms with Gasteiger partial charge in [-0.2, -0.15) is 8.42 Å². The van der Waals surface area contributed by atoms with Crippen LogP contribution in [0.2, 0.25) is 0 Å². The van der Waals surface area contributed by atoms with Crippen LogP contribution in [-0.4, -0.2) is 39.8 Å². The lowest BCUT2D eigenvalue weighted by molar-refractivity contribution is -0.384. The van der Waals surface area contributed by atoms with Crippen LogP contribution in [0.4, 0.5) is 5.69 Å². The molecule has 0 aliphatic carbocycles. The van der Waals surface area contributed by atoms with Crippen LogP contribution in [-0.2, 0) is 19.0 Å². The number of nitro groups is 1. The summed E-state index contributed by atoms with van der Waals surface area (Å²) >= 11 is 0. The van der Waals surface area contributed by atoms with Crippen LogP contribution >= 0.6 is 0 Å². The summed E-state index contributed by atoms with van der Waals surface area (Å²) in [7, 11) is -3.79. The Kier molecular flexibility index (Phi) is 7.07. The molecule has 0 N–H and O–H groups in total. The molecule has 2 aromatic rings. The van der Waals surface area contributed by atoms with Crippen LogP contribution in [0.3, 0.4) is 0 Å². The zero-order valence-corrected chi connectivity index (χ0v) is 15.0. The third-order valence-electron chi connectivity index (χ3n) is 3.32. The third kappa shape index (κ3) is 6.10. The molecule has 0 aliphatic heterocycles. The number of nitrogens with zero attached hydrogens (tertiary/aromatic N) is 1. The zero-order chi connectivity index (χ0) is 19.0. The van der Waals surface area contributed by atoms with Gasteiger partial charge in [0.25, 0.3) is 15.8 Å². The largest absolute Gasteiger partial charge is 0.491 e. The predicted molar refractivity (Wildman–Crippen MR) is 93.7 cm³/mol. The van der Waals surface area contributed by atoms with Crippen LogP contribution in [0.15, 0.2) is 53.4 Å². The minimum atomic E-state index is -3.79. The number of aryl methyl sites for hydroxylation is 1. The summed E-state index contributed by atoms with van der Waals surface area (Å²) in [6.07, 6.45) is 0. The van der Waals surface area contributed by atoms with Crippen molar-refractivity contribution in [3.05, 3.63) is 64.2 Å². The van der Waals surface area contributed by atoms with E-state index in [9.17, 15) is 18.5 Å². The molecule has 0 bridgehead atoms. The van der Waals surface area contributed by atoms with Gasteiger partial charge >= 0.3 is 0 Å². The van der Waals surface area contributed by atoms with E-state index in [1.165, 1.54) is 36.4 Å². The molecule has 0 atom stereocenters. The molecule has 2 rings (SSSR count). The van der Waals surface area contributed by atoms with E-state index in [1.54, 1.807) is 12.1 Å². The molecule has 9 heteroatoms. The van der Waals surface area contributed by atoms with Gasteiger partial charge in [0.2, 0.25) is 0 Å². The van der Waals surface area contributed by atoms with E-state index in [0.29, 0.717) is 5.75 Å². The highest BCUT2D eigenvalue weighted by Crippen LogP contribution is 2.17. The van der Waals surface area contributed by atoms with Crippen molar-refractivity contribution in [2.45, 2.75) is 11.8 Å². The van der Waals surface area contributed by atoms with Gasteiger partial charge in [0, 0.05) is 12.1 Å². The molecular formula is C17H19NO7S. The van der Waals surface area contributed by atoms with Gasteiger partial charge in [-0.3, -0.25) is 14.3 Å². The van der Waals surface area contributed by atoms with E-state index in [2.05, 4.69) is 0 Å². The first kappa shape index (κ1) is 19.8. The Hall–Kier alpha value is -2.49. The summed E-state index contributed by atoms with van der Waals surface area (Å²) in [6.45, 7) is 2.31. The molecule has 0 heterocycles. The van der Waals surface area contributed by atoms with Crippen molar-refractivity contribution >= 4 is 15.8 Å². The Balaban J connectivity index is 1.63. The first-order chi connectivity index (χ1) is 12.4. The van der Waals surface area contributed by atoms with Gasteiger partial charge in [-0.25, -0.2) is 0 Å². The number of rotatable bonds is 10. The topological polar surface area (TPSA) is 105 Å². The molecule has 26 heavy (non-hydrogen) atoms. The van der Waals surface area contributed by atoms with Crippen molar-refractivity contribution in [3.8, 4) is 5.75 Å². The average Bonchev–Trinajstić information content (AvgIpc) is 2.61. The molecule has 0 aromatic heterocycles. The molecule has 0 aliphatic rings. The molecule has 140 valence electrons. The molecular weight excluding hydrogens is 362 g/mol. The fourth-order valence-corrected chi connectivity index (χ4v) is 2.85. The van der Waals surface area contributed by atoms with Crippen molar-refractivity contribution < 1.29 is 27.0 Å². The summed E-state index contributed by atoms with van der Waals surface area (Å²) in [6, 6.07) is 12.1. The van der Waals surface area contributed by atoms with Crippen LogP contribution < -0.4 is 4.74 Å².